The molecule has 4 heteroatoms. The monoisotopic (exact) mass is 271 g/mol. The summed E-state index contributed by atoms with van der Waals surface area (Å²) in [4.78, 5) is 12.4. The van der Waals surface area contributed by atoms with E-state index in [2.05, 4.69) is 30.1 Å². The van der Waals surface area contributed by atoms with Crippen molar-refractivity contribution in [3.8, 4) is 11.3 Å². The third kappa shape index (κ3) is 2.40. The van der Waals surface area contributed by atoms with Crippen molar-refractivity contribution < 1.29 is 0 Å². The number of hydrogen-bond acceptors (Lipinski definition) is 3. The molecule has 19 heavy (non-hydrogen) atoms. The summed E-state index contributed by atoms with van der Waals surface area (Å²) in [7, 11) is 3.94. The zero-order valence-electron chi connectivity index (χ0n) is 11.5. The summed E-state index contributed by atoms with van der Waals surface area (Å²) >= 11 is 1.71. The van der Waals surface area contributed by atoms with E-state index in [1.807, 2.05) is 19.0 Å². The molecule has 0 atom stereocenters. The summed E-state index contributed by atoms with van der Waals surface area (Å²) in [5.74, 6) is 0. The third-order valence-corrected chi connectivity index (χ3v) is 4.25. The van der Waals surface area contributed by atoms with Gasteiger partial charge in [0, 0.05) is 24.5 Å². The van der Waals surface area contributed by atoms with Gasteiger partial charge in [-0.15, -0.1) is 0 Å². The largest absolute Gasteiger partial charge is 0.369 e. The first kappa shape index (κ1) is 12.4. The van der Waals surface area contributed by atoms with Crippen molar-refractivity contribution in [1.29, 1.82) is 0 Å². The summed E-state index contributed by atoms with van der Waals surface area (Å²) in [5, 5.41) is 0.855. The maximum Gasteiger partial charge on any atom is 0.211 e. The number of hydrogen-bond donors (Lipinski definition) is 0. The van der Waals surface area contributed by atoms with Crippen LogP contribution < -0.4 is 0 Å². The molecule has 3 rings (SSSR count). The molecule has 0 saturated carbocycles. The smallest absolute Gasteiger partial charge is 0.211 e. The Morgan fingerprint density at radius 3 is 2.95 bits per heavy atom. The Bertz CT molecular complexity index is 641. The van der Waals surface area contributed by atoms with Crippen molar-refractivity contribution in [2.24, 2.45) is 4.99 Å². The maximum absolute atomic E-state index is 4.70. The Balaban J connectivity index is 2.04. The molecule has 0 spiro atoms. The number of thiazole rings is 1. The van der Waals surface area contributed by atoms with E-state index >= 15 is 0 Å². The lowest BCUT2D eigenvalue weighted by molar-refractivity contribution is 0.643. The molecule has 0 unspecified atom stereocenters. The fourth-order valence-electron chi connectivity index (χ4n) is 2.32. The first-order valence-electron chi connectivity index (χ1n) is 6.44. The quantitative estimate of drug-likeness (QED) is 0.618. The van der Waals surface area contributed by atoms with Crippen molar-refractivity contribution in [1.82, 2.24) is 9.88 Å². The van der Waals surface area contributed by atoms with Gasteiger partial charge in [0.2, 0.25) is 5.13 Å². The van der Waals surface area contributed by atoms with Crippen LogP contribution in [-0.2, 0) is 12.8 Å². The van der Waals surface area contributed by atoms with Gasteiger partial charge in [-0.25, -0.2) is 9.98 Å². The van der Waals surface area contributed by atoms with Gasteiger partial charge in [-0.3, -0.25) is 0 Å². The molecule has 1 aliphatic carbocycles. The van der Waals surface area contributed by atoms with Crippen molar-refractivity contribution in [2.45, 2.75) is 19.8 Å². The Morgan fingerprint density at radius 1 is 1.32 bits per heavy atom. The molecule has 0 N–H and O–H groups in total. The fourth-order valence-corrected chi connectivity index (χ4v) is 3.23. The van der Waals surface area contributed by atoms with Crippen LogP contribution in [0.1, 0.15) is 16.0 Å². The Hall–Kier alpha value is -1.68. The van der Waals surface area contributed by atoms with E-state index in [4.69, 9.17) is 4.98 Å². The highest BCUT2D eigenvalue weighted by atomic mass is 32.1. The molecule has 1 aliphatic rings. The first-order valence-corrected chi connectivity index (χ1v) is 7.25. The summed E-state index contributed by atoms with van der Waals surface area (Å²) < 4.78 is 0. The third-order valence-electron chi connectivity index (χ3n) is 3.23. The van der Waals surface area contributed by atoms with E-state index in [0.717, 1.165) is 23.7 Å². The molecule has 98 valence electrons. The van der Waals surface area contributed by atoms with Gasteiger partial charge in [-0.2, -0.15) is 0 Å². The van der Waals surface area contributed by atoms with Crippen LogP contribution in [0.5, 0.6) is 0 Å². The predicted octanol–water partition coefficient (Wildman–Crippen LogP) is 3.44. The molecule has 0 radical (unpaired) electrons. The van der Waals surface area contributed by atoms with Crippen molar-refractivity contribution in [3.63, 3.8) is 0 Å². The molecule has 0 aliphatic heterocycles. The van der Waals surface area contributed by atoms with E-state index in [9.17, 15) is 0 Å². The van der Waals surface area contributed by atoms with Crippen LogP contribution in [0.25, 0.3) is 11.3 Å². The lowest BCUT2D eigenvalue weighted by Gasteiger charge is -2.15. The molecule has 0 bridgehead atoms. The van der Waals surface area contributed by atoms with E-state index in [0.29, 0.717) is 0 Å². The lowest BCUT2D eigenvalue weighted by Crippen LogP contribution is -2.06. The number of benzene rings is 1. The van der Waals surface area contributed by atoms with Gasteiger partial charge in [-0.05, 0) is 31.4 Å². The second kappa shape index (κ2) is 4.78. The number of aliphatic imine (C=N–C) groups is 1. The molecule has 3 nitrogen and oxygen atoms in total. The molecular weight excluding hydrogens is 254 g/mol. The highest BCUT2D eigenvalue weighted by molar-refractivity contribution is 7.15. The topological polar surface area (TPSA) is 28.5 Å². The molecule has 0 saturated heterocycles. The van der Waals surface area contributed by atoms with Crippen LogP contribution in [0.4, 0.5) is 5.13 Å². The molecule has 1 heterocycles. The average molecular weight is 271 g/mol. The van der Waals surface area contributed by atoms with Crippen LogP contribution in [-0.4, -0.2) is 30.3 Å². The van der Waals surface area contributed by atoms with E-state index in [-0.39, 0.29) is 0 Å². The van der Waals surface area contributed by atoms with Gasteiger partial charge < -0.3 is 4.90 Å². The van der Waals surface area contributed by atoms with Crippen molar-refractivity contribution in [3.05, 3.63) is 34.2 Å². The van der Waals surface area contributed by atoms with Crippen LogP contribution in [0.2, 0.25) is 0 Å². The minimum Gasteiger partial charge on any atom is -0.369 e. The second-order valence-electron chi connectivity index (χ2n) is 5.14. The Kier molecular flexibility index (Phi) is 3.11. The van der Waals surface area contributed by atoms with Gasteiger partial charge in [0.15, 0.2) is 0 Å². The first-order chi connectivity index (χ1) is 9.13. The van der Waals surface area contributed by atoms with Crippen molar-refractivity contribution in [2.75, 3.05) is 14.1 Å². The fraction of sp³-hybridized carbons (Fsp3) is 0.333. The Labute approximate surface area is 117 Å². The summed E-state index contributed by atoms with van der Waals surface area (Å²) in [6.07, 6.45) is 4.00. The standard InChI is InChI=1S/C15H17N3S/c1-10-4-5-11-6-7-13-14(12(11)8-10)17-15(19-13)16-9-18(2)3/h4-5,8-9H,6-7H2,1-3H3/b16-9-. The van der Waals surface area contributed by atoms with Crippen LogP contribution in [0.3, 0.4) is 0 Å². The number of aromatic nitrogens is 1. The number of rotatable bonds is 2. The van der Waals surface area contributed by atoms with E-state index in [1.54, 1.807) is 17.7 Å². The molecule has 2 aromatic rings. The Morgan fingerprint density at radius 2 is 2.16 bits per heavy atom. The van der Waals surface area contributed by atoms with Crippen LogP contribution >= 0.6 is 11.3 Å². The maximum atomic E-state index is 4.70. The van der Waals surface area contributed by atoms with Gasteiger partial charge in [-0.1, -0.05) is 29.0 Å². The van der Waals surface area contributed by atoms with Gasteiger partial charge in [0.25, 0.3) is 0 Å². The predicted molar refractivity (Wildman–Crippen MR) is 81.5 cm³/mol. The zero-order valence-corrected chi connectivity index (χ0v) is 12.3. The molecule has 0 fully saturated rings. The second-order valence-corrected chi connectivity index (χ2v) is 6.20. The molecule has 0 amide bonds. The minimum atomic E-state index is 0.855. The minimum absolute atomic E-state index is 0.855. The summed E-state index contributed by atoms with van der Waals surface area (Å²) in [6.45, 7) is 2.13. The van der Waals surface area contributed by atoms with E-state index < -0.39 is 0 Å². The molecular formula is C15H17N3S. The summed E-state index contributed by atoms with van der Waals surface area (Å²) in [5.41, 5.74) is 5.13. The molecule has 1 aromatic heterocycles. The summed E-state index contributed by atoms with van der Waals surface area (Å²) in [6, 6.07) is 6.66. The molecule has 1 aromatic carbocycles. The zero-order chi connectivity index (χ0) is 13.4. The van der Waals surface area contributed by atoms with Crippen LogP contribution in [0, 0.1) is 6.92 Å². The van der Waals surface area contributed by atoms with Crippen LogP contribution in [0.15, 0.2) is 23.2 Å². The number of fused-ring (bicyclic) bond motifs is 3. The SMILES string of the molecule is Cc1ccc2c(c1)-c1nc(/N=C\N(C)C)sc1CC2. The van der Waals surface area contributed by atoms with Crippen molar-refractivity contribution >= 4 is 22.8 Å². The lowest BCUT2D eigenvalue weighted by atomic mass is 9.92. The van der Waals surface area contributed by atoms with E-state index in [1.165, 1.54) is 21.6 Å². The normalized spacial score (nSPS) is 13.4. The van der Waals surface area contributed by atoms with Gasteiger partial charge in [0.1, 0.15) is 0 Å². The number of aryl methyl sites for hydroxylation is 3. The average Bonchev–Trinajstić information content (AvgIpc) is 2.79. The van der Waals surface area contributed by atoms with Gasteiger partial charge >= 0.3 is 0 Å². The van der Waals surface area contributed by atoms with Gasteiger partial charge in [0.05, 0.1) is 12.0 Å². The highest BCUT2D eigenvalue weighted by Crippen LogP contribution is 2.39. The number of nitrogens with zero attached hydrogens (tertiary/aromatic N) is 3. The highest BCUT2D eigenvalue weighted by Gasteiger charge is 2.20.